The lowest BCUT2D eigenvalue weighted by molar-refractivity contribution is -0.137. The van der Waals surface area contributed by atoms with E-state index in [0.29, 0.717) is 5.75 Å². The molecular weight excluding hydrogens is 296 g/mol. The van der Waals surface area contributed by atoms with Crippen LogP contribution in [0, 0.1) is 6.92 Å². The van der Waals surface area contributed by atoms with Crippen molar-refractivity contribution in [2.24, 2.45) is 0 Å². The Labute approximate surface area is 134 Å². The first-order valence-electron chi connectivity index (χ1n) is 7.10. The average Bonchev–Trinajstić information content (AvgIpc) is 2.54. The van der Waals surface area contributed by atoms with Crippen molar-refractivity contribution in [1.29, 1.82) is 0 Å². The average molecular weight is 314 g/mol. The fraction of sp³-hybridized carbons (Fsp3) is 0.235. The van der Waals surface area contributed by atoms with Crippen LogP contribution in [0.5, 0.6) is 5.75 Å². The number of carbonyl (C=O) groups is 2. The van der Waals surface area contributed by atoms with Gasteiger partial charge in [-0.2, -0.15) is 0 Å². The molecule has 2 N–H and O–H groups in total. The van der Waals surface area contributed by atoms with Gasteiger partial charge in [-0.15, -0.1) is 0 Å². The second-order valence-corrected chi connectivity index (χ2v) is 5.03. The minimum atomic E-state index is -0.994. The Morgan fingerprint density at radius 1 is 1.26 bits per heavy atom. The number of nitrogens with one attached hydrogen (secondary N) is 1. The molecule has 0 aliphatic heterocycles. The van der Waals surface area contributed by atoms with Gasteiger partial charge in [0.05, 0.1) is 19.6 Å². The predicted molar refractivity (Wildman–Crippen MR) is 84.4 cm³/mol. The number of amides is 1. The van der Waals surface area contributed by atoms with Crippen molar-refractivity contribution < 1.29 is 19.4 Å². The van der Waals surface area contributed by atoms with Gasteiger partial charge >= 0.3 is 5.97 Å². The zero-order valence-electron chi connectivity index (χ0n) is 12.9. The van der Waals surface area contributed by atoms with Crippen LogP contribution in [0.3, 0.4) is 0 Å². The molecule has 0 saturated carbocycles. The van der Waals surface area contributed by atoms with Gasteiger partial charge in [-0.1, -0.05) is 24.3 Å². The molecule has 0 aliphatic rings. The Morgan fingerprint density at radius 3 is 2.65 bits per heavy atom. The maximum Gasteiger partial charge on any atom is 0.305 e. The summed E-state index contributed by atoms with van der Waals surface area (Å²) in [6.07, 6.45) is 1.27. The third-order valence-electron chi connectivity index (χ3n) is 3.45. The summed E-state index contributed by atoms with van der Waals surface area (Å²) in [5, 5.41) is 11.9. The van der Waals surface area contributed by atoms with Crippen molar-refractivity contribution in [2.45, 2.75) is 19.4 Å². The number of hydrogen-bond donors (Lipinski definition) is 2. The van der Waals surface area contributed by atoms with Crippen molar-refractivity contribution >= 4 is 11.9 Å². The number of methoxy groups -OCH3 is 1. The smallest absolute Gasteiger partial charge is 0.305 e. The molecule has 6 nitrogen and oxygen atoms in total. The number of hydrogen-bond acceptors (Lipinski definition) is 4. The molecule has 1 heterocycles. The van der Waals surface area contributed by atoms with E-state index >= 15 is 0 Å². The summed E-state index contributed by atoms with van der Waals surface area (Å²) in [6.45, 7) is 1.87. The number of rotatable bonds is 6. The molecule has 0 fully saturated rings. The number of aliphatic carboxylic acids is 1. The number of carboxylic acid groups (broad SMARTS) is 1. The largest absolute Gasteiger partial charge is 0.494 e. The maximum atomic E-state index is 12.5. The zero-order valence-corrected chi connectivity index (χ0v) is 12.9. The lowest BCUT2D eigenvalue weighted by atomic mass is 9.98. The van der Waals surface area contributed by atoms with Crippen LogP contribution >= 0.6 is 0 Å². The van der Waals surface area contributed by atoms with Crippen LogP contribution in [-0.4, -0.2) is 29.1 Å². The Morgan fingerprint density at radius 2 is 2.00 bits per heavy atom. The van der Waals surface area contributed by atoms with Crippen molar-refractivity contribution in [2.75, 3.05) is 7.11 Å². The summed E-state index contributed by atoms with van der Waals surface area (Å²) in [7, 11) is 1.45. The van der Waals surface area contributed by atoms with Crippen LogP contribution in [0.25, 0.3) is 0 Å². The number of ether oxygens (including phenoxy) is 1. The van der Waals surface area contributed by atoms with Gasteiger partial charge in [0.2, 0.25) is 0 Å². The highest BCUT2D eigenvalue weighted by atomic mass is 16.5. The van der Waals surface area contributed by atoms with E-state index < -0.39 is 17.9 Å². The normalized spacial score (nSPS) is 11.6. The van der Waals surface area contributed by atoms with Crippen molar-refractivity contribution in [3.05, 3.63) is 59.4 Å². The van der Waals surface area contributed by atoms with E-state index in [1.165, 1.54) is 13.3 Å². The molecule has 0 radical (unpaired) electrons. The fourth-order valence-electron chi connectivity index (χ4n) is 2.34. The highest BCUT2D eigenvalue weighted by Gasteiger charge is 2.22. The van der Waals surface area contributed by atoms with E-state index in [4.69, 9.17) is 9.84 Å². The number of benzene rings is 1. The van der Waals surface area contributed by atoms with Crippen LogP contribution in [0.4, 0.5) is 0 Å². The molecule has 0 saturated heterocycles. The SMILES string of the molecule is COc1cccnc1C(=O)N[C@@H](CC(=O)O)c1ccccc1C. The highest BCUT2D eigenvalue weighted by Crippen LogP contribution is 2.22. The van der Waals surface area contributed by atoms with Gasteiger partial charge in [-0.25, -0.2) is 4.98 Å². The molecule has 0 aliphatic carbocycles. The lowest BCUT2D eigenvalue weighted by Gasteiger charge is -2.19. The van der Waals surface area contributed by atoms with Crippen molar-refractivity contribution in [1.82, 2.24) is 10.3 Å². The van der Waals surface area contributed by atoms with Gasteiger partial charge in [0.15, 0.2) is 5.69 Å². The first-order chi connectivity index (χ1) is 11.0. The monoisotopic (exact) mass is 314 g/mol. The molecule has 2 aromatic rings. The Bertz CT molecular complexity index is 715. The van der Waals surface area contributed by atoms with Gasteiger partial charge in [0.1, 0.15) is 5.75 Å². The summed E-state index contributed by atoms with van der Waals surface area (Å²) in [6, 6.07) is 9.99. The molecule has 0 spiro atoms. The van der Waals surface area contributed by atoms with Crippen LogP contribution in [0.2, 0.25) is 0 Å². The van der Waals surface area contributed by atoms with E-state index in [0.717, 1.165) is 11.1 Å². The van der Waals surface area contributed by atoms with Crippen LogP contribution in [0.1, 0.15) is 34.1 Å². The molecule has 1 aromatic heterocycles. The standard InChI is InChI=1S/C17H18N2O4/c1-11-6-3-4-7-12(11)13(10-15(20)21)19-17(22)16-14(23-2)8-5-9-18-16/h3-9,13H,10H2,1-2H3,(H,19,22)(H,20,21)/t13-/m0/s1. The minimum absolute atomic E-state index is 0.124. The zero-order chi connectivity index (χ0) is 16.8. The molecular formula is C17H18N2O4. The number of aromatic nitrogens is 1. The maximum absolute atomic E-state index is 12.5. The molecule has 23 heavy (non-hydrogen) atoms. The third-order valence-corrected chi connectivity index (χ3v) is 3.45. The van der Waals surface area contributed by atoms with Crippen molar-refractivity contribution in [3.63, 3.8) is 0 Å². The number of carbonyl (C=O) groups excluding carboxylic acids is 1. The first kappa shape index (κ1) is 16.5. The molecule has 120 valence electrons. The molecule has 0 bridgehead atoms. The van der Waals surface area contributed by atoms with Crippen LogP contribution in [0.15, 0.2) is 42.6 Å². The molecule has 2 rings (SSSR count). The third kappa shape index (κ3) is 4.06. The fourth-order valence-corrected chi connectivity index (χ4v) is 2.34. The second kappa shape index (κ2) is 7.40. The summed E-state index contributed by atoms with van der Waals surface area (Å²) < 4.78 is 5.12. The first-order valence-corrected chi connectivity index (χ1v) is 7.10. The van der Waals surface area contributed by atoms with Crippen molar-refractivity contribution in [3.8, 4) is 5.75 Å². The summed E-state index contributed by atoms with van der Waals surface area (Å²) in [4.78, 5) is 27.6. The number of aryl methyl sites for hydroxylation is 1. The summed E-state index contributed by atoms with van der Waals surface area (Å²) in [5.41, 5.74) is 1.80. The summed E-state index contributed by atoms with van der Waals surface area (Å²) in [5.74, 6) is -1.13. The quantitative estimate of drug-likeness (QED) is 0.854. The summed E-state index contributed by atoms with van der Waals surface area (Å²) >= 11 is 0. The van der Waals surface area contributed by atoms with Gasteiger partial charge < -0.3 is 15.2 Å². The van der Waals surface area contributed by atoms with E-state index in [1.54, 1.807) is 18.2 Å². The van der Waals surface area contributed by atoms with E-state index in [9.17, 15) is 9.59 Å². The van der Waals surface area contributed by atoms with Crippen LogP contribution < -0.4 is 10.1 Å². The Balaban J connectivity index is 2.29. The second-order valence-electron chi connectivity index (χ2n) is 5.03. The minimum Gasteiger partial charge on any atom is -0.494 e. The molecule has 0 unspecified atom stereocenters. The van der Waals surface area contributed by atoms with Gasteiger partial charge in [0.25, 0.3) is 5.91 Å². The molecule has 6 heteroatoms. The van der Waals surface area contributed by atoms with Crippen LogP contribution in [-0.2, 0) is 4.79 Å². The number of pyridine rings is 1. The topological polar surface area (TPSA) is 88.5 Å². The van der Waals surface area contributed by atoms with Gasteiger partial charge in [0, 0.05) is 6.20 Å². The molecule has 1 aromatic carbocycles. The van der Waals surface area contributed by atoms with E-state index in [-0.39, 0.29) is 12.1 Å². The van der Waals surface area contributed by atoms with Gasteiger partial charge in [-0.3, -0.25) is 9.59 Å². The Hall–Kier alpha value is -2.89. The van der Waals surface area contributed by atoms with E-state index in [1.807, 2.05) is 25.1 Å². The number of carboxylic acids is 1. The lowest BCUT2D eigenvalue weighted by Crippen LogP contribution is -2.31. The molecule has 1 amide bonds. The van der Waals surface area contributed by atoms with Gasteiger partial charge in [-0.05, 0) is 30.2 Å². The molecule has 1 atom stereocenters. The predicted octanol–water partition coefficient (Wildman–Crippen LogP) is 2.34. The number of nitrogens with zero attached hydrogens (tertiary/aromatic N) is 1. The van der Waals surface area contributed by atoms with E-state index in [2.05, 4.69) is 10.3 Å². The highest BCUT2D eigenvalue weighted by molar-refractivity contribution is 5.95. The Kier molecular flexibility index (Phi) is 5.30.